The molecule has 4 atom stereocenters. The maximum atomic E-state index is 10.1. The Morgan fingerprint density at radius 2 is 1.67 bits per heavy atom. The van der Waals surface area contributed by atoms with Crippen LogP contribution in [0.2, 0.25) is 0 Å². The molecule has 0 saturated carbocycles. The van der Waals surface area contributed by atoms with Crippen molar-refractivity contribution < 1.29 is 24.1 Å². The van der Waals surface area contributed by atoms with E-state index in [4.69, 9.17) is 18.9 Å². The van der Waals surface area contributed by atoms with Crippen LogP contribution in [0, 0.1) is 0 Å². The third-order valence-corrected chi connectivity index (χ3v) is 5.43. The van der Waals surface area contributed by atoms with Crippen LogP contribution >= 0.6 is 22.6 Å². The summed E-state index contributed by atoms with van der Waals surface area (Å²) in [6, 6.07) is 17.8. The van der Waals surface area contributed by atoms with E-state index in [1.165, 1.54) is 0 Å². The summed E-state index contributed by atoms with van der Waals surface area (Å²) < 4.78 is 23.9. The molecule has 5 nitrogen and oxygen atoms in total. The molecule has 0 aromatic heterocycles. The lowest BCUT2D eigenvalue weighted by atomic mass is 10.0. The van der Waals surface area contributed by atoms with Crippen LogP contribution in [0.25, 0.3) is 0 Å². The first-order valence-electron chi connectivity index (χ1n) is 8.99. The van der Waals surface area contributed by atoms with E-state index in [-0.39, 0.29) is 18.3 Å². The molecular weight excluding hydrogens is 459 g/mol. The molecule has 146 valence electrons. The van der Waals surface area contributed by atoms with Crippen molar-refractivity contribution in [1.82, 2.24) is 0 Å². The Hall–Kier alpha value is -1.19. The molecule has 1 N–H and O–H groups in total. The Labute approximate surface area is 173 Å². The number of benzene rings is 2. The molecule has 1 saturated heterocycles. The molecular formula is C21H25IO5. The minimum absolute atomic E-state index is 0.214. The van der Waals surface area contributed by atoms with Gasteiger partial charge in [0.2, 0.25) is 0 Å². The van der Waals surface area contributed by atoms with Gasteiger partial charge in [-0.05, 0) is 23.3 Å². The van der Waals surface area contributed by atoms with Gasteiger partial charge in [0.15, 0.2) is 6.29 Å². The van der Waals surface area contributed by atoms with Crippen molar-refractivity contribution >= 4 is 22.6 Å². The van der Waals surface area contributed by atoms with E-state index in [1.54, 1.807) is 7.11 Å². The van der Waals surface area contributed by atoms with Crippen LogP contribution in [0.4, 0.5) is 0 Å². The van der Waals surface area contributed by atoms with Crippen molar-refractivity contribution in [2.75, 3.05) is 11.5 Å². The van der Waals surface area contributed by atoms with Crippen LogP contribution in [0.5, 0.6) is 5.75 Å². The number of aliphatic hydroxyl groups is 1. The molecule has 1 heterocycles. The molecule has 1 aliphatic rings. The van der Waals surface area contributed by atoms with Gasteiger partial charge in [-0.1, -0.05) is 65.1 Å². The molecule has 0 spiro atoms. The summed E-state index contributed by atoms with van der Waals surface area (Å²) in [5.41, 5.74) is 2.15. The predicted molar refractivity (Wildman–Crippen MR) is 111 cm³/mol. The second-order valence-corrected chi connectivity index (χ2v) is 7.36. The fourth-order valence-electron chi connectivity index (χ4n) is 3.10. The first kappa shape index (κ1) is 20.5. The highest BCUT2D eigenvalue weighted by atomic mass is 127. The Morgan fingerprint density at radius 1 is 1.00 bits per heavy atom. The third-order valence-electron chi connectivity index (χ3n) is 4.56. The number of ether oxygens (including phenoxy) is 4. The van der Waals surface area contributed by atoms with E-state index in [1.807, 2.05) is 54.6 Å². The molecule has 6 heteroatoms. The van der Waals surface area contributed by atoms with Gasteiger partial charge >= 0.3 is 0 Å². The highest BCUT2D eigenvalue weighted by Gasteiger charge is 2.39. The van der Waals surface area contributed by atoms with Crippen molar-refractivity contribution in [3.05, 3.63) is 65.7 Å². The number of hydrogen-bond donors (Lipinski definition) is 1. The monoisotopic (exact) mass is 484 g/mol. The fourth-order valence-corrected chi connectivity index (χ4v) is 3.81. The zero-order valence-electron chi connectivity index (χ0n) is 15.3. The van der Waals surface area contributed by atoms with Crippen LogP contribution in [0.1, 0.15) is 17.5 Å². The second-order valence-electron chi connectivity index (χ2n) is 6.48. The average molecular weight is 484 g/mol. The Kier molecular flexibility index (Phi) is 7.90. The molecule has 3 rings (SSSR count). The number of hydrogen-bond acceptors (Lipinski definition) is 5. The lowest BCUT2D eigenvalue weighted by Gasteiger charge is -2.39. The summed E-state index contributed by atoms with van der Waals surface area (Å²) in [5.74, 6) is 0.817. The first-order valence-corrected chi connectivity index (χ1v) is 10.5. The molecule has 0 bridgehead atoms. The topological polar surface area (TPSA) is 57.2 Å². The lowest BCUT2D eigenvalue weighted by molar-refractivity contribution is -0.249. The Bertz CT molecular complexity index is 679. The van der Waals surface area contributed by atoms with E-state index < -0.39 is 6.29 Å². The highest BCUT2D eigenvalue weighted by molar-refractivity contribution is 14.1. The Balaban J connectivity index is 1.64. The molecule has 1 aliphatic heterocycles. The molecule has 27 heavy (non-hydrogen) atoms. The largest absolute Gasteiger partial charge is 0.497 e. The average Bonchev–Trinajstić information content (AvgIpc) is 2.72. The molecule has 2 aromatic rings. The SMILES string of the molecule is COc1ccc(CO[C@H]2[C@H](OCc3ccccc3)C[C@@H](O)O[C@@H]2CI)cc1. The highest BCUT2D eigenvalue weighted by Crippen LogP contribution is 2.27. The van der Waals surface area contributed by atoms with Crippen molar-refractivity contribution in [2.45, 2.75) is 44.2 Å². The number of rotatable bonds is 8. The van der Waals surface area contributed by atoms with Gasteiger partial charge in [0.1, 0.15) is 11.9 Å². The minimum atomic E-state index is -0.827. The number of alkyl halides is 1. The molecule has 0 unspecified atom stereocenters. The van der Waals surface area contributed by atoms with Crippen LogP contribution in [-0.4, -0.2) is 41.2 Å². The minimum Gasteiger partial charge on any atom is -0.497 e. The summed E-state index contributed by atoms with van der Waals surface area (Å²) in [7, 11) is 1.65. The van der Waals surface area contributed by atoms with Crippen LogP contribution in [0.3, 0.4) is 0 Å². The number of halogens is 1. The van der Waals surface area contributed by atoms with E-state index in [2.05, 4.69) is 22.6 Å². The lowest BCUT2D eigenvalue weighted by Crippen LogP contribution is -2.51. The third kappa shape index (κ3) is 5.89. The van der Waals surface area contributed by atoms with Gasteiger partial charge in [-0.3, -0.25) is 0 Å². The van der Waals surface area contributed by atoms with Crippen molar-refractivity contribution in [3.8, 4) is 5.75 Å². The standard InChI is InChI=1S/C21H25IO5/c1-24-17-9-7-16(8-10-17)14-26-21-18(11-20(23)27-19(21)12-22)25-13-15-5-3-2-4-6-15/h2-10,18-21,23H,11-14H2,1H3/t18-,19-,20+,21+/m1/s1. The van der Waals surface area contributed by atoms with E-state index in [9.17, 15) is 5.11 Å². The maximum Gasteiger partial charge on any atom is 0.157 e. The van der Waals surface area contributed by atoms with E-state index in [0.717, 1.165) is 16.9 Å². The molecule has 2 aromatic carbocycles. The summed E-state index contributed by atoms with van der Waals surface area (Å²) in [6.07, 6.45) is -1.12. The van der Waals surface area contributed by atoms with Gasteiger partial charge in [-0.2, -0.15) is 0 Å². The normalized spacial score (nSPS) is 25.3. The zero-order chi connectivity index (χ0) is 19.1. The van der Waals surface area contributed by atoms with Gasteiger partial charge in [0, 0.05) is 10.8 Å². The van der Waals surface area contributed by atoms with E-state index >= 15 is 0 Å². The van der Waals surface area contributed by atoms with Gasteiger partial charge < -0.3 is 24.1 Å². The summed E-state index contributed by atoms with van der Waals surface area (Å²) in [6.45, 7) is 0.932. The van der Waals surface area contributed by atoms with Crippen LogP contribution in [-0.2, 0) is 27.4 Å². The summed E-state index contributed by atoms with van der Waals surface area (Å²) in [5, 5.41) is 10.1. The van der Waals surface area contributed by atoms with Crippen LogP contribution in [0.15, 0.2) is 54.6 Å². The van der Waals surface area contributed by atoms with E-state index in [0.29, 0.717) is 24.1 Å². The fraction of sp³-hybridized carbons (Fsp3) is 0.429. The molecule has 1 fully saturated rings. The Morgan fingerprint density at radius 3 is 2.33 bits per heavy atom. The maximum absolute atomic E-state index is 10.1. The van der Waals surface area contributed by atoms with Gasteiger partial charge in [0.25, 0.3) is 0 Å². The van der Waals surface area contributed by atoms with Gasteiger partial charge in [-0.15, -0.1) is 0 Å². The second kappa shape index (κ2) is 10.4. The van der Waals surface area contributed by atoms with Crippen molar-refractivity contribution in [3.63, 3.8) is 0 Å². The predicted octanol–water partition coefficient (Wildman–Crippen LogP) is 3.71. The quantitative estimate of drug-likeness (QED) is 0.458. The number of aliphatic hydroxyl groups excluding tert-OH is 1. The molecule has 0 radical (unpaired) electrons. The number of methoxy groups -OCH3 is 1. The van der Waals surface area contributed by atoms with Crippen molar-refractivity contribution in [2.24, 2.45) is 0 Å². The smallest absolute Gasteiger partial charge is 0.157 e. The van der Waals surface area contributed by atoms with Gasteiger partial charge in [-0.25, -0.2) is 0 Å². The van der Waals surface area contributed by atoms with Crippen molar-refractivity contribution in [1.29, 1.82) is 0 Å². The van der Waals surface area contributed by atoms with Crippen LogP contribution < -0.4 is 4.74 Å². The zero-order valence-corrected chi connectivity index (χ0v) is 17.4. The summed E-state index contributed by atoms with van der Waals surface area (Å²) in [4.78, 5) is 0. The molecule has 0 amide bonds. The van der Waals surface area contributed by atoms with Gasteiger partial charge in [0.05, 0.1) is 32.5 Å². The summed E-state index contributed by atoms with van der Waals surface area (Å²) >= 11 is 2.26. The molecule has 0 aliphatic carbocycles. The first-order chi connectivity index (χ1) is 13.2.